The second kappa shape index (κ2) is 10.2. The van der Waals surface area contributed by atoms with Crippen LogP contribution in [0.4, 0.5) is 5.69 Å². The third-order valence-electron chi connectivity index (χ3n) is 5.58. The number of nitrogens with one attached hydrogen (secondary N) is 2. The molecule has 0 aliphatic heterocycles. The van der Waals surface area contributed by atoms with Crippen LogP contribution in [0.5, 0.6) is 17.2 Å². The van der Waals surface area contributed by atoms with E-state index in [-0.39, 0.29) is 12.5 Å². The van der Waals surface area contributed by atoms with Gasteiger partial charge >= 0.3 is 0 Å². The fraction of sp³-hybridized carbons (Fsp3) is 0.375. The van der Waals surface area contributed by atoms with Crippen molar-refractivity contribution in [3.05, 3.63) is 59.2 Å². The maximum Gasteiger partial charge on any atom is 0.238 e. The summed E-state index contributed by atoms with van der Waals surface area (Å²) in [4.78, 5) is 17.2. The average Bonchev–Trinajstić information content (AvgIpc) is 3.46. The van der Waals surface area contributed by atoms with Crippen LogP contribution < -0.4 is 20.1 Å². The Hall–Kier alpha value is -3.10. The second-order valence-corrected chi connectivity index (χ2v) is 8.41. The highest BCUT2D eigenvalue weighted by atomic mass is 35.5. The van der Waals surface area contributed by atoms with Crippen LogP contribution in [0.25, 0.3) is 0 Å². The van der Waals surface area contributed by atoms with E-state index in [9.17, 15) is 4.79 Å². The van der Waals surface area contributed by atoms with Crippen molar-refractivity contribution in [1.29, 1.82) is 0 Å². The van der Waals surface area contributed by atoms with E-state index in [4.69, 9.17) is 25.6 Å². The molecule has 1 saturated carbocycles. The maximum atomic E-state index is 12.8. The Balaban J connectivity index is 1.43. The third kappa shape index (κ3) is 5.64. The molecule has 0 unspecified atom stereocenters. The number of aromatic nitrogens is 2. The Morgan fingerprint density at radius 2 is 1.88 bits per heavy atom. The lowest BCUT2D eigenvalue weighted by atomic mass is 9.96. The number of carbonyl (C=O) groups excluding carboxylic acids is 1. The van der Waals surface area contributed by atoms with E-state index in [0.29, 0.717) is 40.5 Å². The van der Waals surface area contributed by atoms with Gasteiger partial charge in [-0.15, -0.1) is 0 Å². The minimum absolute atomic E-state index is 0.0859. The van der Waals surface area contributed by atoms with Gasteiger partial charge in [-0.05, 0) is 62.2 Å². The summed E-state index contributed by atoms with van der Waals surface area (Å²) in [6.07, 6.45) is 3.78. The molecule has 0 bridgehead atoms. The normalized spacial score (nSPS) is 14.8. The van der Waals surface area contributed by atoms with Crippen LogP contribution in [0, 0.1) is 6.92 Å². The molecule has 1 fully saturated rings. The molecule has 1 aliphatic carbocycles. The Bertz CT molecular complexity index is 1090. The smallest absolute Gasteiger partial charge is 0.238 e. The number of hydrogen-bond acceptors (Lipinski definition) is 7. The first-order valence-corrected chi connectivity index (χ1v) is 11.4. The van der Waals surface area contributed by atoms with E-state index in [1.165, 1.54) is 0 Å². The average molecular weight is 471 g/mol. The van der Waals surface area contributed by atoms with Crippen LogP contribution in [0.3, 0.4) is 0 Å². The Kier molecular flexibility index (Phi) is 7.15. The molecule has 1 amide bonds. The van der Waals surface area contributed by atoms with Gasteiger partial charge in [-0.3, -0.25) is 10.1 Å². The number of benzene rings is 2. The van der Waals surface area contributed by atoms with Gasteiger partial charge in [-0.1, -0.05) is 29.6 Å². The molecular weight excluding hydrogens is 444 g/mol. The van der Waals surface area contributed by atoms with Crippen molar-refractivity contribution < 1.29 is 18.8 Å². The van der Waals surface area contributed by atoms with Crippen LogP contribution in [0.15, 0.2) is 47.0 Å². The summed E-state index contributed by atoms with van der Waals surface area (Å²) in [6, 6.07) is 12.4. The van der Waals surface area contributed by atoms with Gasteiger partial charge in [0, 0.05) is 11.9 Å². The number of anilines is 1. The summed E-state index contributed by atoms with van der Waals surface area (Å²) in [6.45, 7) is 4.37. The van der Waals surface area contributed by atoms with Crippen molar-refractivity contribution in [2.75, 3.05) is 18.5 Å². The minimum Gasteiger partial charge on any atom is -0.494 e. The molecule has 8 nitrogen and oxygen atoms in total. The zero-order valence-corrected chi connectivity index (χ0v) is 19.4. The van der Waals surface area contributed by atoms with Gasteiger partial charge in [-0.25, -0.2) is 0 Å². The summed E-state index contributed by atoms with van der Waals surface area (Å²) < 4.78 is 16.6. The zero-order chi connectivity index (χ0) is 23.3. The van der Waals surface area contributed by atoms with Crippen molar-refractivity contribution >= 4 is 23.2 Å². The highest BCUT2D eigenvalue weighted by Gasteiger charge is 2.39. The summed E-state index contributed by atoms with van der Waals surface area (Å²) in [5, 5.41) is 10.9. The van der Waals surface area contributed by atoms with E-state index in [0.717, 1.165) is 31.4 Å². The predicted octanol–water partition coefficient (Wildman–Crippen LogP) is 5.22. The molecule has 4 rings (SSSR count). The second-order valence-electron chi connectivity index (χ2n) is 7.97. The highest BCUT2D eigenvalue weighted by Crippen LogP contribution is 2.37. The Morgan fingerprint density at radius 3 is 2.55 bits per heavy atom. The topological polar surface area (TPSA) is 98.5 Å². The number of nitrogens with zero attached hydrogens (tertiary/aromatic N) is 2. The van der Waals surface area contributed by atoms with Gasteiger partial charge in [0.15, 0.2) is 11.6 Å². The van der Waals surface area contributed by atoms with Gasteiger partial charge in [0.25, 0.3) is 0 Å². The molecule has 0 radical (unpaired) electrons. The Labute approximate surface area is 197 Å². The van der Waals surface area contributed by atoms with Crippen molar-refractivity contribution in [3.63, 3.8) is 0 Å². The summed E-state index contributed by atoms with van der Waals surface area (Å²) in [5.74, 6) is 2.76. The monoisotopic (exact) mass is 470 g/mol. The van der Waals surface area contributed by atoms with Gasteiger partial charge in [0.2, 0.25) is 11.8 Å². The van der Waals surface area contributed by atoms with Crippen LogP contribution in [0.2, 0.25) is 5.02 Å². The fourth-order valence-electron chi connectivity index (χ4n) is 3.98. The molecule has 33 heavy (non-hydrogen) atoms. The highest BCUT2D eigenvalue weighted by molar-refractivity contribution is 6.31. The Morgan fingerprint density at radius 1 is 1.15 bits per heavy atom. The van der Waals surface area contributed by atoms with Crippen molar-refractivity contribution in [1.82, 2.24) is 15.5 Å². The quantitative estimate of drug-likeness (QED) is 0.442. The number of rotatable bonds is 9. The fourth-order valence-corrected chi connectivity index (χ4v) is 4.15. The number of amides is 1. The first-order chi connectivity index (χ1) is 16.0. The van der Waals surface area contributed by atoms with Crippen LogP contribution in [-0.4, -0.2) is 29.2 Å². The molecule has 3 aromatic rings. The number of ether oxygens (including phenoxy) is 2. The van der Waals surface area contributed by atoms with E-state index >= 15 is 0 Å². The molecule has 1 aromatic heterocycles. The van der Waals surface area contributed by atoms with E-state index in [1.54, 1.807) is 25.1 Å². The molecule has 0 saturated heterocycles. The van der Waals surface area contributed by atoms with Crippen LogP contribution >= 0.6 is 11.6 Å². The largest absolute Gasteiger partial charge is 0.494 e. The van der Waals surface area contributed by atoms with E-state index < -0.39 is 5.54 Å². The number of hydrogen-bond donors (Lipinski definition) is 2. The van der Waals surface area contributed by atoms with Gasteiger partial charge in [-0.2, -0.15) is 4.98 Å². The van der Waals surface area contributed by atoms with Crippen molar-refractivity contribution in [2.45, 2.75) is 45.1 Å². The van der Waals surface area contributed by atoms with Crippen molar-refractivity contribution in [3.8, 4) is 17.2 Å². The molecular formula is C24H27ClN4O4. The minimum atomic E-state index is -0.453. The van der Waals surface area contributed by atoms with E-state index in [2.05, 4.69) is 20.8 Å². The molecule has 1 aliphatic rings. The van der Waals surface area contributed by atoms with Crippen molar-refractivity contribution in [2.24, 2.45) is 0 Å². The summed E-state index contributed by atoms with van der Waals surface area (Å²) >= 11 is 6.18. The van der Waals surface area contributed by atoms with E-state index in [1.807, 2.05) is 31.2 Å². The third-order valence-corrected chi connectivity index (χ3v) is 5.81. The SMILES string of the molecule is CCOc1ccc(Oc2ccc(Cl)cc2NC(=O)CNC2(c3noc(C)n3)CCCC2)cc1. The molecule has 9 heteroatoms. The molecule has 0 spiro atoms. The predicted molar refractivity (Wildman–Crippen MR) is 125 cm³/mol. The van der Waals surface area contributed by atoms with Gasteiger partial charge in [0.05, 0.1) is 24.4 Å². The van der Waals surface area contributed by atoms with Gasteiger partial charge in [0.1, 0.15) is 11.5 Å². The molecule has 174 valence electrons. The lowest BCUT2D eigenvalue weighted by Gasteiger charge is -2.26. The first-order valence-electron chi connectivity index (χ1n) is 11.0. The number of aryl methyl sites for hydroxylation is 1. The number of halogens is 1. The maximum absolute atomic E-state index is 12.8. The lowest BCUT2D eigenvalue weighted by molar-refractivity contribution is -0.115. The first kappa shape index (κ1) is 23.1. The standard InChI is InChI=1S/C24H27ClN4O4/c1-3-31-18-7-9-19(10-8-18)32-21-11-6-17(25)14-20(21)28-22(30)15-26-24(12-4-5-13-24)23-27-16(2)33-29-23/h6-11,14,26H,3-5,12-13,15H2,1-2H3,(H,28,30). The molecule has 2 N–H and O–H groups in total. The molecule has 1 heterocycles. The van der Waals surface area contributed by atoms with Gasteiger partial charge < -0.3 is 19.3 Å². The lowest BCUT2D eigenvalue weighted by Crippen LogP contribution is -2.44. The molecule has 0 atom stereocenters. The molecule has 2 aromatic carbocycles. The summed E-state index contributed by atoms with van der Waals surface area (Å²) in [7, 11) is 0. The van der Waals surface area contributed by atoms with Crippen LogP contribution in [-0.2, 0) is 10.3 Å². The van der Waals surface area contributed by atoms with Crippen LogP contribution in [0.1, 0.15) is 44.3 Å². The number of carbonyl (C=O) groups is 1. The zero-order valence-electron chi connectivity index (χ0n) is 18.7. The summed E-state index contributed by atoms with van der Waals surface area (Å²) in [5.41, 5.74) is 0.0319.